The molecule has 3 fully saturated rings. The van der Waals surface area contributed by atoms with Gasteiger partial charge in [0.15, 0.2) is 0 Å². The van der Waals surface area contributed by atoms with E-state index in [4.69, 9.17) is 9.47 Å². The maximum Gasteiger partial charge on any atom is 0.508 e. The van der Waals surface area contributed by atoms with Crippen LogP contribution in [0.25, 0.3) is 0 Å². The van der Waals surface area contributed by atoms with E-state index in [2.05, 4.69) is 33.8 Å². The molecule has 0 amide bonds. The fourth-order valence-electron chi connectivity index (χ4n) is 11.1. The molecule has 0 aromatic carbocycles. The number of hydrogen-bond acceptors (Lipinski definition) is 3. The van der Waals surface area contributed by atoms with Gasteiger partial charge in [-0.3, -0.25) is 0 Å². The Morgan fingerprint density at radius 2 is 1.26 bits per heavy atom. The summed E-state index contributed by atoms with van der Waals surface area (Å²) in [7, 11) is 0. The number of fused-ring (bicyclic) bond motifs is 5. The molecule has 7 atom stereocenters. The van der Waals surface area contributed by atoms with Crippen molar-refractivity contribution in [3.05, 3.63) is 11.6 Å². The third-order valence-corrected chi connectivity index (χ3v) is 14.1. The van der Waals surface area contributed by atoms with Crippen LogP contribution in [0.5, 0.6) is 0 Å². The Bertz CT molecular complexity index is 910. The quantitative estimate of drug-likeness (QED) is 0.0625. The molecular weight excluding hydrogens is 576 g/mol. The third kappa shape index (κ3) is 11.3. The van der Waals surface area contributed by atoms with E-state index in [0.29, 0.717) is 17.4 Å². The summed E-state index contributed by atoms with van der Waals surface area (Å²) in [5, 5.41) is 0. The summed E-state index contributed by atoms with van der Waals surface area (Å²) in [5.74, 6) is 3.56. The van der Waals surface area contributed by atoms with Crippen molar-refractivity contribution in [3.8, 4) is 0 Å². The van der Waals surface area contributed by atoms with E-state index < -0.39 is 6.16 Å². The molecule has 3 heteroatoms. The number of rotatable bonds is 23. The van der Waals surface area contributed by atoms with E-state index in [-0.39, 0.29) is 6.10 Å². The average molecular weight is 655 g/mol. The van der Waals surface area contributed by atoms with Crippen molar-refractivity contribution >= 4 is 6.16 Å². The minimum Gasteiger partial charge on any atom is -0.434 e. The lowest BCUT2D eigenvalue weighted by Crippen LogP contribution is -2.50. The lowest BCUT2D eigenvalue weighted by atomic mass is 9.47. The standard InChI is InChI=1S/C44H78O3/c1-5-7-9-11-13-14-15-16-17-18-19-20-22-24-34-46-42(45)47-38-30-32-44(4)37(35-38)26-28-39-40-29-27-36(25-23-21-12-10-8-6-2)43(40,3)33-31-41(39)44/h26,36,38-41H,5-25,27-35H2,1-4H3/t36-,38-,39-,40-,41-,43+,44-/m0/s1. The minimum absolute atomic E-state index is 0.00300. The van der Waals surface area contributed by atoms with Crippen LogP contribution in [-0.4, -0.2) is 18.9 Å². The van der Waals surface area contributed by atoms with Gasteiger partial charge in [0.2, 0.25) is 0 Å². The van der Waals surface area contributed by atoms with Crippen LogP contribution in [0, 0.1) is 34.5 Å². The number of allylic oxidation sites excluding steroid dienone is 1. The summed E-state index contributed by atoms with van der Waals surface area (Å²) in [6.45, 7) is 10.4. The van der Waals surface area contributed by atoms with Crippen molar-refractivity contribution in [2.24, 2.45) is 34.5 Å². The molecule has 0 radical (unpaired) electrons. The molecule has 3 saturated carbocycles. The van der Waals surface area contributed by atoms with Crippen molar-refractivity contribution < 1.29 is 14.3 Å². The number of carbonyl (C=O) groups excluding carboxylic acids is 1. The summed E-state index contributed by atoms with van der Waals surface area (Å²) in [4.78, 5) is 12.6. The lowest BCUT2D eigenvalue weighted by Gasteiger charge is -2.58. The van der Waals surface area contributed by atoms with Crippen LogP contribution in [0.15, 0.2) is 11.6 Å². The van der Waals surface area contributed by atoms with Gasteiger partial charge in [-0.05, 0) is 92.3 Å². The molecule has 0 bridgehead atoms. The molecule has 0 saturated heterocycles. The van der Waals surface area contributed by atoms with E-state index >= 15 is 0 Å². The van der Waals surface area contributed by atoms with Gasteiger partial charge in [-0.1, -0.05) is 161 Å². The van der Waals surface area contributed by atoms with Gasteiger partial charge >= 0.3 is 6.16 Å². The van der Waals surface area contributed by atoms with Crippen LogP contribution in [0.3, 0.4) is 0 Å². The summed E-state index contributed by atoms with van der Waals surface area (Å²) in [6, 6.07) is 0. The normalized spacial score (nSPS) is 31.5. The van der Waals surface area contributed by atoms with E-state index in [9.17, 15) is 4.79 Å². The molecular formula is C44H78O3. The molecule has 0 heterocycles. The fourth-order valence-corrected chi connectivity index (χ4v) is 11.1. The van der Waals surface area contributed by atoms with Crippen LogP contribution in [0.2, 0.25) is 0 Å². The Labute approximate surface area is 292 Å². The van der Waals surface area contributed by atoms with Crippen molar-refractivity contribution in [1.29, 1.82) is 0 Å². The van der Waals surface area contributed by atoms with Gasteiger partial charge in [-0.15, -0.1) is 0 Å². The van der Waals surface area contributed by atoms with Crippen molar-refractivity contribution in [3.63, 3.8) is 0 Å². The number of hydrogen-bond donors (Lipinski definition) is 0. The summed E-state index contributed by atoms with van der Waals surface area (Å²) < 4.78 is 11.4. The SMILES string of the molecule is CCCCCCCCCCCCCCCCOC(=O)O[C@H]1CC[C@@]2(C)C(=CC[C@H]3[C@@H]4CC[C@H](CCCCCCCC)[C@@]4(C)CC[C@@H]32)C1. The Morgan fingerprint density at radius 3 is 1.87 bits per heavy atom. The zero-order valence-electron chi connectivity index (χ0n) is 31.9. The van der Waals surface area contributed by atoms with E-state index in [1.807, 2.05) is 0 Å². The van der Waals surface area contributed by atoms with Gasteiger partial charge in [0, 0.05) is 6.42 Å². The number of unbranched alkanes of at least 4 members (excludes halogenated alkanes) is 18. The first kappa shape index (κ1) is 38.8. The van der Waals surface area contributed by atoms with Crippen LogP contribution in [-0.2, 0) is 9.47 Å². The summed E-state index contributed by atoms with van der Waals surface area (Å²) in [5.41, 5.74) is 2.48. The second kappa shape index (κ2) is 20.6. The topological polar surface area (TPSA) is 35.5 Å². The number of carbonyl (C=O) groups is 1. The largest absolute Gasteiger partial charge is 0.508 e. The predicted octanol–water partition coefficient (Wildman–Crippen LogP) is 14.3. The van der Waals surface area contributed by atoms with Crippen molar-refractivity contribution in [1.82, 2.24) is 0 Å². The van der Waals surface area contributed by atoms with Crippen LogP contribution < -0.4 is 0 Å². The second-order valence-electron chi connectivity index (χ2n) is 17.3. The molecule has 4 aliphatic carbocycles. The van der Waals surface area contributed by atoms with Gasteiger partial charge < -0.3 is 9.47 Å². The second-order valence-corrected chi connectivity index (χ2v) is 17.3. The molecule has 0 N–H and O–H groups in total. The molecule has 0 aromatic heterocycles. The highest BCUT2D eigenvalue weighted by molar-refractivity contribution is 5.60. The highest BCUT2D eigenvalue weighted by Gasteiger charge is 2.58. The Hall–Kier alpha value is -0.990. The molecule has 4 aliphatic rings. The van der Waals surface area contributed by atoms with Crippen LogP contribution in [0.1, 0.15) is 214 Å². The Balaban J connectivity index is 1.08. The summed E-state index contributed by atoms with van der Waals surface area (Å²) in [6.07, 6.45) is 41.1. The Morgan fingerprint density at radius 1 is 0.681 bits per heavy atom. The van der Waals surface area contributed by atoms with Gasteiger partial charge in [0.25, 0.3) is 0 Å². The molecule has 0 aromatic rings. The number of ether oxygens (including phenoxy) is 2. The highest BCUT2D eigenvalue weighted by Crippen LogP contribution is 2.66. The lowest BCUT2D eigenvalue weighted by molar-refractivity contribution is -0.0563. The first-order valence-electron chi connectivity index (χ1n) is 21.4. The monoisotopic (exact) mass is 655 g/mol. The molecule has 47 heavy (non-hydrogen) atoms. The van der Waals surface area contributed by atoms with Crippen LogP contribution in [0.4, 0.5) is 4.79 Å². The Kier molecular flexibility index (Phi) is 17.0. The van der Waals surface area contributed by atoms with E-state index in [0.717, 1.165) is 49.4 Å². The molecule has 3 nitrogen and oxygen atoms in total. The van der Waals surface area contributed by atoms with Gasteiger partial charge in [0.05, 0.1) is 6.61 Å². The first-order valence-corrected chi connectivity index (χ1v) is 21.4. The molecule has 0 aliphatic heterocycles. The van der Waals surface area contributed by atoms with Gasteiger partial charge in [-0.2, -0.15) is 0 Å². The summed E-state index contributed by atoms with van der Waals surface area (Å²) >= 11 is 0. The maximum absolute atomic E-state index is 12.6. The zero-order valence-corrected chi connectivity index (χ0v) is 31.9. The van der Waals surface area contributed by atoms with Gasteiger partial charge in [-0.25, -0.2) is 4.79 Å². The molecule has 4 rings (SSSR count). The smallest absolute Gasteiger partial charge is 0.434 e. The fraction of sp³-hybridized carbons (Fsp3) is 0.932. The predicted molar refractivity (Wildman–Crippen MR) is 200 cm³/mol. The van der Waals surface area contributed by atoms with Crippen molar-refractivity contribution in [2.45, 2.75) is 220 Å². The van der Waals surface area contributed by atoms with Gasteiger partial charge in [0.1, 0.15) is 6.10 Å². The third-order valence-electron chi connectivity index (χ3n) is 14.1. The average Bonchev–Trinajstić information content (AvgIpc) is 3.40. The van der Waals surface area contributed by atoms with E-state index in [1.54, 1.807) is 5.57 Å². The molecule has 0 unspecified atom stereocenters. The molecule has 0 spiro atoms. The zero-order chi connectivity index (χ0) is 33.4. The van der Waals surface area contributed by atoms with E-state index in [1.165, 1.54) is 161 Å². The minimum atomic E-state index is -0.432. The first-order chi connectivity index (χ1) is 22.9. The maximum atomic E-state index is 12.6. The molecule has 272 valence electrons. The highest BCUT2D eigenvalue weighted by atomic mass is 16.7. The van der Waals surface area contributed by atoms with Crippen molar-refractivity contribution in [2.75, 3.05) is 6.61 Å². The van der Waals surface area contributed by atoms with Crippen LogP contribution >= 0.6 is 0 Å².